The smallest absolute Gasteiger partial charge is 0.174 e. The molecule has 1 saturated heterocycles. The average molecular weight is 507 g/mol. The number of fused-ring (bicyclic) bond motifs is 1. The van der Waals surface area contributed by atoms with Gasteiger partial charge in [0.2, 0.25) is 0 Å². The van der Waals surface area contributed by atoms with Gasteiger partial charge in [-0.3, -0.25) is 4.98 Å². The van der Waals surface area contributed by atoms with E-state index >= 15 is 0 Å². The third kappa shape index (κ3) is 3.99. The van der Waals surface area contributed by atoms with Crippen molar-refractivity contribution in [3.8, 4) is 0 Å². The molecular weight excluding hydrogens is 479 g/mol. The Morgan fingerprint density at radius 3 is 2.57 bits per heavy atom. The van der Waals surface area contributed by atoms with E-state index in [0.29, 0.717) is 15.7 Å². The van der Waals surface area contributed by atoms with Crippen molar-refractivity contribution in [3.05, 3.63) is 94.0 Å². The Balaban J connectivity index is 1.71. The maximum absolute atomic E-state index is 14.1. The summed E-state index contributed by atoms with van der Waals surface area (Å²) in [6, 6.07) is 14.6. The van der Waals surface area contributed by atoms with Crippen molar-refractivity contribution in [1.29, 1.82) is 0 Å². The van der Waals surface area contributed by atoms with Crippen LogP contribution in [-0.4, -0.2) is 22.7 Å². The molecule has 180 valence electrons. The first-order chi connectivity index (χ1) is 16.6. The number of hydrogen-bond donors (Lipinski definition) is 1. The molecule has 0 unspecified atom stereocenters. The number of thiocarbonyl (C=S) groups is 1. The molecule has 0 amide bonds. The van der Waals surface area contributed by atoms with E-state index in [2.05, 4.69) is 61.2 Å². The molecule has 3 aromatic rings. The molecule has 0 bridgehead atoms. The van der Waals surface area contributed by atoms with E-state index in [9.17, 15) is 4.39 Å². The number of halogens is 2. The lowest BCUT2D eigenvalue weighted by Gasteiger charge is -2.41. The molecule has 1 fully saturated rings. The van der Waals surface area contributed by atoms with Crippen LogP contribution in [0.1, 0.15) is 55.2 Å². The molecule has 4 nitrogen and oxygen atoms in total. The lowest BCUT2D eigenvalue weighted by molar-refractivity contribution is 0.566. The summed E-state index contributed by atoms with van der Waals surface area (Å²) in [7, 11) is 2.09. The minimum Gasteiger partial charge on any atom is -0.365 e. The molecule has 0 spiro atoms. The summed E-state index contributed by atoms with van der Waals surface area (Å²) in [6.07, 6.45) is 4.06. The number of benzene rings is 2. The van der Waals surface area contributed by atoms with Gasteiger partial charge >= 0.3 is 0 Å². The predicted octanol–water partition coefficient (Wildman–Crippen LogP) is 6.99. The maximum atomic E-state index is 14.1. The SMILES string of the molecule is CC1=CC(C)(C)N(C)c2cc(Cl)c([C@@H]3[C@@H](c4ccccn4)NC(=S)N3c3ccc(F)c(C)c3)cc21. The standard InChI is InChI=1S/C28H28ClFN4S/c1-16-12-18(9-10-22(16)30)34-26(25(32-27(34)35)23-8-6-7-11-31-23)20-13-19-17(2)15-28(3,4)33(5)24(19)14-21(20)29/h6-15,25-26H,1-5H3,(H,32,35)/t25-,26-/m1/s1. The zero-order valence-corrected chi connectivity index (χ0v) is 22.0. The molecule has 7 heteroatoms. The van der Waals surface area contributed by atoms with Gasteiger partial charge in [0.25, 0.3) is 0 Å². The van der Waals surface area contributed by atoms with Gasteiger partial charge in [0.1, 0.15) is 5.82 Å². The summed E-state index contributed by atoms with van der Waals surface area (Å²) < 4.78 is 14.1. The second-order valence-corrected chi connectivity index (χ2v) is 10.7. The van der Waals surface area contributed by atoms with Crippen molar-refractivity contribution in [1.82, 2.24) is 10.3 Å². The molecule has 2 aliphatic rings. The highest BCUT2D eigenvalue weighted by molar-refractivity contribution is 7.80. The lowest BCUT2D eigenvalue weighted by Crippen LogP contribution is -2.42. The van der Waals surface area contributed by atoms with Gasteiger partial charge in [-0.15, -0.1) is 0 Å². The van der Waals surface area contributed by atoms with E-state index in [4.69, 9.17) is 23.8 Å². The molecule has 0 saturated carbocycles. The van der Waals surface area contributed by atoms with Crippen LogP contribution in [0.3, 0.4) is 0 Å². The molecule has 0 radical (unpaired) electrons. The molecule has 1 aromatic heterocycles. The fraction of sp³-hybridized carbons (Fsp3) is 0.286. The molecule has 35 heavy (non-hydrogen) atoms. The normalized spacial score (nSPS) is 21.0. The zero-order valence-electron chi connectivity index (χ0n) is 20.4. The largest absolute Gasteiger partial charge is 0.365 e. The van der Waals surface area contributed by atoms with E-state index in [1.165, 1.54) is 11.6 Å². The average Bonchev–Trinajstić information content (AvgIpc) is 3.16. The molecule has 0 aliphatic carbocycles. The summed E-state index contributed by atoms with van der Waals surface area (Å²) in [4.78, 5) is 8.90. The van der Waals surface area contributed by atoms with Crippen LogP contribution in [0.25, 0.3) is 5.57 Å². The Labute approximate surface area is 216 Å². The van der Waals surface area contributed by atoms with Crippen LogP contribution < -0.4 is 15.1 Å². The number of aromatic nitrogens is 1. The lowest BCUT2D eigenvalue weighted by atomic mass is 9.86. The van der Waals surface area contributed by atoms with Gasteiger partial charge in [-0.2, -0.15) is 0 Å². The molecule has 2 aromatic carbocycles. The Morgan fingerprint density at radius 2 is 1.89 bits per heavy atom. The molecule has 2 aliphatic heterocycles. The first-order valence-electron chi connectivity index (χ1n) is 11.6. The number of likely N-dealkylation sites (N-methyl/N-ethyl adjacent to an activating group) is 1. The van der Waals surface area contributed by atoms with Crippen LogP contribution in [0.5, 0.6) is 0 Å². The summed E-state index contributed by atoms with van der Waals surface area (Å²) >= 11 is 12.9. The van der Waals surface area contributed by atoms with Gasteiger partial charge in [0, 0.05) is 35.2 Å². The highest BCUT2D eigenvalue weighted by Crippen LogP contribution is 2.48. The third-order valence-corrected chi connectivity index (χ3v) is 7.81. The van der Waals surface area contributed by atoms with Crippen LogP contribution in [0.15, 0.2) is 60.8 Å². The summed E-state index contributed by atoms with van der Waals surface area (Å²) in [5.41, 5.74) is 6.49. The van der Waals surface area contributed by atoms with Gasteiger partial charge < -0.3 is 15.1 Å². The van der Waals surface area contributed by atoms with Gasteiger partial charge in [0.15, 0.2) is 5.11 Å². The number of allylic oxidation sites excluding steroid dienone is 1. The molecule has 2 atom stereocenters. The van der Waals surface area contributed by atoms with Crippen molar-refractivity contribution in [2.45, 2.75) is 45.3 Å². The van der Waals surface area contributed by atoms with Crippen LogP contribution in [0.4, 0.5) is 15.8 Å². The monoisotopic (exact) mass is 506 g/mol. The van der Waals surface area contributed by atoms with Gasteiger partial charge in [-0.25, -0.2) is 4.39 Å². The number of anilines is 2. The summed E-state index contributed by atoms with van der Waals surface area (Å²) in [6.45, 7) is 8.28. The van der Waals surface area contributed by atoms with E-state index in [0.717, 1.165) is 28.2 Å². The second kappa shape index (κ2) is 8.61. The Bertz CT molecular complexity index is 1350. The molecular formula is C28H28ClFN4S. The minimum atomic E-state index is -0.270. The maximum Gasteiger partial charge on any atom is 0.174 e. The highest BCUT2D eigenvalue weighted by Gasteiger charge is 2.42. The van der Waals surface area contributed by atoms with E-state index in [1.54, 1.807) is 19.2 Å². The van der Waals surface area contributed by atoms with Gasteiger partial charge in [-0.05, 0) is 99.1 Å². The first kappa shape index (κ1) is 23.8. The number of pyridine rings is 1. The third-order valence-electron chi connectivity index (χ3n) is 7.17. The quantitative estimate of drug-likeness (QED) is 0.387. The van der Waals surface area contributed by atoms with Gasteiger partial charge in [0.05, 0.1) is 23.3 Å². The fourth-order valence-electron chi connectivity index (χ4n) is 5.14. The topological polar surface area (TPSA) is 31.4 Å². The van der Waals surface area contributed by atoms with Crippen LogP contribution in [0.2, 0.25) is 5.02 Å². The first-order valence-corrected chi connectivity index (χ1v) is 12.4. The molecule has 3 heterocycles. The number of nitrogens with one attached hydrogen (secondary N) is 1. The zero-order chi connectivity index (χ0) is 25.1. The second-order valence-electron chi connectivity index (χ2n) is 9.86. The van der Waals surface area contributed by atoms with E-state index in [1.807, 2.05) is 29.2 Å². The number of hydrogen-bond acceptors (Lipinski definition) is 3. The fourth-order valence-corrected chi connectivity index (χ4v) is 5.76. The number of rotatable bonds is 3. The van der Waals surface area contributed by atoms with Crippen molar-refractivity contribution in [2.75, 3.05) is 16.8 Å². The van der Waals surface area contributed by atoms with Gasteiger partial charge in [-0.1, -0.05) is 23.7 Å². The minimum absolute atomic E-state index is 0.118. The number of aryl methyl sites for hydroxylation is 1. The van der Waals surface area contributed by atoms with E-state index in [-0.39, 0.29) is 23.4 Å². The predicted molar refractivity (Wildman–Crippen MR) is 147 cm³/mol. The van der Waals surface area contributed by atoms with Crippen LogP contribution >= 0.6 is 23.8 Å². The van der Waals surface area contributed by atoms with Crippen molar-refractivity contribution >= 4 is 45.9 Å². The molecule has 5 rings (SSSR count). The Kier molecular flexibility index (Phi) is 5.85. The Hall–Kier alpha value is -2.96. The van der Waals surface area contributed by atoms with Crippen molar-refractivity contribution in [3.63, 3.8) is 0 Å². The molecule has 1 N–H and O–H groups in total. The highest BCUT2D eigenvalue weighted by atomic mass is 35.5. The summed E-state index contributed by atoms with van der Waals surface area (Å²) in [5.74, 6) is -0.247. The Morgan fingerprint density at radius 1 is 1.11 bits per heavy atom. The van der Waals surface area contributed by atoms with Crippen molar-refractivity contribution < 1.29 is 4.39 Å². The van der Waals surface area contributed by atoms with Crippen molar-refractivity contribution in [2.24, 2.45) is 0 Å². The van der Waals surface area contributed by atoms with E-state index < -0.39 is 0 Å². The summed E-state index contributed by atoms with van der Waals surface area (Å²) in [5, 5.41) is 4.67. The van der Waals surface area contributed by atoms with Crippen LogP contribution in [0, 0.1) is 12.7 Å². The van der Waals surface area contributed by atoms with Crippen LogP contribution in [-0.2, 0) is 0 Å². The number of nitrogens with zero attached hydrogens (tertiary/aromatic N) is 3.